The minimum Gasteiger partial charge on any atom is -0.264 e. The van der Waals surface area contributed by atoms with E-state index in [1.54, 1.807) is 6.20 Å². The Bertz CT molecular complexity index is 282. The Hall–Kier alpha value is -1.62. The average Bonchev–Trinajstić information content (AvgIpc) is 2.14. The van der Waals surface area contributed by atoms with E-state index in [4.69, 9.17) is 5.26 Å². The molecule has 2 nitrogen and oxygen atoms in total. The Kier molecular flexibility index (Phi) is 3.59. The summed E-state index contributed by atoms with van der Waals surface area (Å²) in [5.74, 6) is 0. The predicted octanol–water partition coefficient (Wildman–Crippen LogP) is 2.09. The SMILES string of the molecule is N#C/C=C/CCc1cccnc1. The quantitative estimate of drug-likeness (QED) is 0.631. The van der Waals surface area contributed by atoms with Gasteiger partial charge in [0.15, 0.2) is 0 Å². The van der Waals surface area contributed by atoms with Crippen molar-refractivity contribution in [2.24, 2.45) is 0 Å². The number of aromatic nitrogens is 1. The van der Waals surface area contributed by atoms with Gasteiger partial charge in [0.25, 0.3) is 0 Å². The fourth-order valence-electron chi connectivity index (χ4n) is 0.932. The lowest BCUT2D eigenvalue weighted by Gasteiger charge is -1.94. The maximum Gasteiger partial charge on any atom is 0.0908 e. The topological polar surface area (TPSA) is 36.7 Å². The van der Waals surface area contributed by atoms with E-state index in [-0.39, 0.29) is 0 Å². The van der Waals surface area contributed by atoms with E-state index in [0.29, 0.717) is 0 Å². The van der Waals surface area contributed by atoms with Crippen LogP contribution in [0.15, 0.2) is 36.7 Å². The van der Waals surface area contributed by atoms with Crippen LogP contribution >= 0.6 is 0 Å². The summed E-state index contributed by atoms with van der Waals surface area (Å²) in [4.78, 5) is 3.99. The van der Waals surface area contributed by atoms with Crippen LogP contribution in [0.25, 0.3) is 0 Å². The number of allylic oxidation sites excluding steroid dienone is 2. The van der Waals surface area contributed by atoms with Crippen molar-refractivity contribution in [1.82, 2.24) is 4.98 Å². The number of pyridine rings is 1. The summed E-state index contributed by atoms with van der Waals surface area (Å²) in [6, 6.07) is 5.91. The fraction of sp³-hybridized carbons (Fsp3) is 0.200. The Morgan fingerprint density at radius 1 is 1.58 bits per heavy atom. The minimum atomic E-state index is 0.902. The molecule has 0 aliphatic rings. The van der Waals surface area contributed by atoms with Crippen LogP contribution in [0.3, 0.4) is 0 Å². The van der Waals surface area contributed by atoms with Gasteiger partial charge in [0, 0.05) is 18.5 Å². The lowest BCUT2D eigenvalue weighted by atomic mass is 10.1. The second-order valence-electron chi connectivity index (χ2n) is 2.43. The van der Waals surface area contributed by atoms with Gasteiger partial charge in [-0.15, -0.1) is 0 Å². The number of nitriles is 1. The molecule has 0 saturated carbocycles. The van der Waals surface area contributed by atoms with Gasteiger partial charge in [-0.3, -0.25) is 4.98 Å². The Balaban J connectivity index is 2.35. The van der Waals surface area contributed by atoms with Gasteiger partial charge in [0.05, 0.1) is 6.07 Å². The lowest BCUT2D eigenvalue weighted by molar-refractivity contribution is 0.987. The van der Waals surface area contributed by atoms with Crippen molar-refractivity contribution < 1.29 is 0 Å². The molecule has 0 bridgehead atoms. The van der Waals surface area contributed by atoms with Gasteiger partial charge < -0.3 is 0 Å². The highest BCUT2D eigenvalue weighted by Gasteiger charge is 1.87. The van der Waals surface area contributed by atoms with E-state index in [9.17, 15) is 0 Å². The molecule has 0 atom stereocenters. The van der Waals surface area contributed by atoms with E-state index >= 15 is 0 Å². The Labute approximate surface area is 72.2 Å². The molecule has 0 aliphatic carbocycles. The van der Waals surface area contributed by atoms with Crippen molar-refractivity contribution in [3.05, 3.63) is 42.2 Å². The van der Waals surface area contributed by atoms with Gasteiger partial charge in [-0.05, 0) is 24.5 Å². The molecule has 0 unspecified atom stereocenters. The molecule has 0 amide bonds. The Morgan fingerprint density at radius 2 is 2.50 bits per heavy atom. The average molecular weight is 158 g/mol. The summed E-state index contributed by atoms with van der Waals surface area (Å²) in [6.45, 7) is 0. The highest BCUT2D eigenvalue weighted by atomic mass is 14.6. The second-order valence-corrected chi connectivity index (χ2v) is 2.43. The molecule has 1 aromatic rings. The molecular formula is C10H10N2. The number of aryl methyl sites for hydroxylation is 1. The molecular weight excluding hydrogens is 148 g/mol. The van der Waals surface area contributed by atoms with Crippen LogP contribution in [0, 0.1) is 11.3 Å². The summed E-state index contributed by atoms with van der Waals surface area (Å²) in [5, 5.41) is 8.21. The van der Waals surface area contributed by atoms with Crippen molar-refractivity contribution in [1.29, 1.82) is 5.26 Å². The highest BCUT2D eigenvalue weighted by molar-refractivity contribution is 5.10. The first-order valence-corrected chi connectivity index (χ1v) is 3.87. The van der Waals surface area contributed by atoms with Gasteiger partial charge in [-0.1, -0.05) is 12.1 Å². The van der Waals surface area contributed by atoms with Gasteiger partial charge in [-0.25, -0.2) is 0 Å². The molecule has 0 spiro atoms. The van der Waals surface area contributed by atoms with E-state index < -0.39 is 0 Å². The molecule has 1 heterocycles. The van der Waals surface area contributed by atoms with Crippen LogP contribution in [0.2, 0.25) is 0 Å². The molecule has 0 aliphatic heterocycles. The number of hydrogen-bond acceptors (Lipinski definition) is 2. The predicted molar refractivity (Wildman–Crippen MR) is 47.3 cm³/mol. The van der Waals surface area contributed by atoms with E-state index in [1.807, 2.05) is 30.5 Å². The molecule has 0 fully saturated rings. The maximum atomic E-state index is 8.21. The first-order valence-electron chi connectivity index (χ1n) is 3.87. The zero-order valence-corrected chi connectivity index (χ0v) is 6.77. The fourth-order valence-corrected chi connectivity index (χ4v) is 0.932. The van der Waals surface area contributed by atoms with Crippen molar-refractivity contribution in [2.75, 3.05) is 0 Å². The van der Waals surface area contributed by atoms with Crippen LogP contribution in [-0.4, -0.2) is 4.98 Å². The molecule has 0 N–H and O–H groups in total. The molecule has 1 rings (SSSR count). The molecule has 0 aromatic carbocycles. The summed E-state index contributed by atoms with van der Waals surface area (Å²) >= 11 is 0. The van der Waals surface area contributed by atoms with Crippen LogP contribution in [0.1, 0.15) is 12.0 Å². The van der Waals surface area contributed by atoms with Crippen molar-refractivity contribution >= 4 is 0 Å². The van der Waals surface area contributed by atoms with E-state index in [1.165, 1.54) is 11.6 Å². The van der Waals surface area contributed by atoms with Crippen molar-refractivity contribution in [3.63, 3.8) is 0 Å². The zero-order valence-electron chi connectivity index (χ0n) is 6.77. The first-order chi connectivity index (χ1) is 5.93. The standard InChI is InChI=1S/C10H10N2/c11-7-3-1-2-5-10-6-4-8-12-9-10/h1,3-4,6,8-9H,2,5H2/b3-1+. The third-order valence-electron chi connectivity index (χ3n) is 1.51. The largest absolute Gasteiger partial charge is 0.264 e. The van der Waals surface area contributed by atoms with Crippen LogP contribution in [-0.2, 0) is 6.42 Å². The monoisotopic (exact) mass is 158 g/mol. The van der Waals surface area contributed by atoms with Gasteiger partial charge in [0.1, 0.15) is 0 Å². The summed E-state index contributed by atoms with van der Waals surface area (Å²) in [5.41, 5.74) is 1.21. The van der Waals surface area contributed by atoms with Gasteiger partial charge >= 0.3 is 0 Å². The zero-order chi connectivity index (χ0) is 8.65. The molecule has 60 valence electrons. The molecule has 1 aromatic heterocycles. The molecule has 12 heavy (non-hydrogen) atoms. The second kappa shape index (κ2) is 5.09. The van der Waals surface area contributed by atoms with Crippen LogP contribution < -0.4 is 0 Å². The third-order valence-corrected chi connectivity index (χ3v) is 1.51. The number of rotatable bonds is 3. The molecule has 0 saturated heterocycles. The van der Waals surface area contributed by atoms with Crippen LogP contribution in [0.4, 0.5) is 0 Å². The normalized spacial score (nSPS) is 9.92. The molecule has 2 heteroatoms. The summed E-state index contributed by atoms with van der Waals surface area (Å²) in [6.07, 6.45) is 8.84. The van der Waals surface area contributed by atoms with Gasteiger partial charge in [0.2, 0.25) is 0 Å². The third kappa shape index (κ3) is 2.98. The smallest absolute Gasteiger partial charge is 0.0908 e. The van der Waals surface area contributed by atoms with Crippen molar-refractivity contribution in [3.8, 4) is 6.07 Å². The van der Waals surface area contributed by atoms with E-state index in [0.717, 1.165) is 12.8 Å². The van der Waals surface area contributed by atoms with Crippen LogP contribution in [0.5, 0.6) is 0 Å². The van der Waals surface area contributed by atoms with Crippen molar-refractivity contribution in [2.45, 2.75) is 12.8 Å². The highest BCUT2D eigenvalue weighted by Crippen LogP contribution is 2.00. The Morgan fingerprint density at radius 3 is 3.17 bits per heavy atom. The number of nitrogens with zero attached hydrogens (tertiary/aromatic N) is 2. The lowest BCUT2D eigenvalue weighted by Crippen LogP contribution is -1.83. The first kappa shape index (κ1) is 8.48. The van der Waals surface area contributed by atoms with Gasteiger partial charge in [-0.2, -0.15) is 5.26 Å². The summed E-state index contributed by atoms with van der Waals surface area (Å²) < 4.78 is 0. The van der Waals surface area contributed by atoms with E-state index in [2.05, 4.69) is 4.98 Å². The number of hydrogen-bond donors (Lipinski definition) is 0. The maximum absolute atomic E-state index is 8.21. The molecule has 0 radical (unpaired) electrons. The summed E-state index contributed by atoms with van der Waals surface area (Å²) in [7, 11) is 0. The minimum absolute atomic E-state index is 0.902.